The molecule has 0 unspecified atom stereocenters. The Bertz CT molecular complexity index is 77.0. The molecule has 0 saturated carbocycles. The monoisotopic (exact) mass is 128 g/mol. The number of nitrogens with one attached hydrogen (secondary N) is 2. The zero-order chi connectivity index (χ0) is 7.11. The molecular formula is C7H16N2. The highest BCUT2D eigenvalue weighted by atomic mass is 14.9. The van der Waals surface area contributed by atoms with Crippen molar-refractivity contribution < 1.29 is 0 Å². The molecule has 0 aromatic heterocycles. The van der Waals surface area contributed by atoms with Crippen molar-refractivity contribution >= 4 is 0 Å². The van der Waals surface area contributed by atoms with Crippen molar-refractivity contribution in [2.45, 2.75) is 13.8 Å². The largest absolute Gasteiger partial charge is 0.393 e. The van der Waals surface area contributed by atoms with Crippen LogP contribution in [-0.2, 0) is 0 Å². The summed E-state index contributed by atoms with van der Waals surface area (Å²) in [6.07, 6.45) is 3.79. The van der Waals surface area contributed by atoms with Gasteiger partial charge in [0.2, 0.25) is 0 Å². The molecule has 2 N–H and O–H groups in total. The summed E-state index contributed by atoms with van der Waals surface area (Å²) >= 11 is 0. The van der Waals surface area contributed by atoms with Gasteiger partial charge in [0.25, 0.3) is 0 Å². The Morgan fingerprint density at radius 2 is 2.00 bits per heavy atom. The lowest BCUT2D eigenvalue weighted by molar-refractivity contribution is 0.610. The van der Waals surface area contributed by atoms with Crippen LogP contribution in [0.5, 0.6) is 0 Å². The lowest BCUT2D eigenvalue weighted by Gasteiger charge is -2.02. The highest BCUT2D eigenvalue weighted by Gasteiger charge is 1.86. The summed E-state index contributed by atoms with van der Waals surface area (Å²) in [5, 5.41) is 6.04. The zero-order valence-electron chi connectivity index (χ0n) is 6.44. The number of hydrogen-bond donors (Lipinski definition) is 2. The van der Waals surface area contributed by atoms with Gasteiger partial charge in [0.1, 0.15) is 0 Å². The van der Waals surface area contributed by atoms with Gasteiger partial charge >= 0.3 is 0 Å². The first-order valence-electron chi connectivity index (χ1n) is 3.33. The van der Waals surface area contributed by atoms with Gasteiger partial charge in [0.05, 0.1) is 0 Å². The third-order valence-corrected chi connectivity index (χ3v) is 0.894. The van der Waals surface area contributed by atoms with Gasteiger partial charge in [-0.3, -0.25) is 0 Å². The molecule has 0 aliphatic rings. The standard InChI is InChI=1S/C7H16N2/c1-7(2)6-9-5-4-8-3/h4-5,7-9H,6H2,1-3H3/b5-4+. The van der Waals surface area contributed by atoms with Crippen molar-refractivity contribution in [2.75, 3.05) is 13.6 Å². The average molecular weight is 128 g/mol. The van der Waals surface area contributed by atoms with Crippen LogP contribution in [-0.4, -0.2) is 13.6 Å². The van der Waals surface area contributed by atoms with E-state index in [1.807, 2.05) is 19.4 Å². The van der Waals surface area contributed by atoms with Gasteiger partial charge in [-0.05, 0) is 5.92 Å². The van der Waals surface area contributed by atoms with Crippen molar-refractivity contribution in [3.63, 3.8) is 0 Å². The van der Waals surface area contributed by atoms with E-state index in [-0.39, 0.29) is 0 Å². The molecule has 0 aromatic carbocycles. The molecule has 0 aliphatic heterocycles. The minimum Gasteiger partial charge on any atom is -0.393 e. The smallest absolute Gasteiger partial charge is 0.0165 e. The molecule has 0 aliphatic carbocycles. The van der Waals surface area contributed by atoms with Crippen LogP contribution >= 0.6 is 0 Å². The Labute approximate surface area is 57.3 Å². The summed E-state index contributed by atoms with van der Waals surface area (Å²) in [5.41, 5.74) is 0. The Morgan fingerprint density at radius 1 is 1.33 bits per heavy atom. The molecule has 0 amide bonds. The maximum absolute atomic E-state index is 3.14. The molecule has 0 radical (unpaired) electrons. The Balaban J connectivity index is 2.99. The van der Waals surface area contributed by atoms with Gasteiger partial charge in [-0.25, -0.2) is 0 Å². The summed E-state index contributed by atoms with van der Waals surface area (Å²) < 4.78 is 0. The summed E-state index contributed by atoms with van der Waals surface area (Å²) in [5.74, 6) is 0.714. The van der Waals surface area contributed by atoms with Crippen LogP contribution in [0, 0.1) is 5.92 Å². The lowest BCUT2D eigenvalue weighted by atomic mass is 10.2. The van der Waals surface area contributed by atoms with Crippen molar-refractivity contribution in [3.8, 4) is 0 Å². The van der Waals surface area contributed by atoms with E-state index in [4.69, 9.17) is 0 Å². The molecular weight excluding hydrogens is 112 g/mol. The molecule has 54 valence electrons. The van der Waals surface area contributed by atoms with Crippen LogP contribution in [0.15, 0.2) is 12.4 Å². The second-order valence-corrected chi connectivity index (χ2v) is 2.42. The Hall–Kier alpha value is -0.660. The molecule has 2 nitrogen and oxygen atoms in total. The van der Waals surface area contributed by atoms with E-state index in [0.717, 1.165) is 6.54 Å². The molecule has 0 heterocycles. The number of hydrogen-bond acceptors (Lipinski definition) is 2. The third-order valence-electron chi connectivity index (χ3n) is 0.894. The SMILES string of the molecule is CN/C=C/NCC(C)C. The van der Waals surface area contributed by atoms with E-state index < -0.39 is 0 Å². The topological polar surface area (TPSA) is 24.1 Å². The third kappa shape index (κ3) is 7.34. The molecule has 9 heavy (non-hydrogen) atoms. The van der Waals surface area contributed by atoms with Crippen molar-refractivity contribution in [1.82, 2.24) is 10.6 Å². The fourth-order valence-electron chi connectivity index (χ4n) is 0.446. The first-order chi connectivity index (χ1) is 4.27. The molecule has 0 aromatic rings. The van der Waals surface area contributed by atoms with Gasteiger partial charge in [0.15, 0.2) is 0 Å². The Kier molecular flexibility index (Phi) is 5.07. The Morgan fingerprint density at radius 3 is 2.44 bits per heavy atom. The van der Waals surface area contributed by atoms with E-state index in [1.54, 1.807) is 0 Å². The van der Waals surface area contributed by atoms with E-state index in [2.05, 4.69) is 24.5 Å². The second kappa shape index (κ2) is 5.48. The van der Waals surface area contributed by atoms with E-state index in [9.17, 15) is 0 Å². The van der Waals surface area contributed by atoms with Gasteiger partial charge in [-0.15, -0.1) is 0 Å². The molecule has 0 bridgehead atoms. The van der Waals surface area contributed by atoms with Gasteiger partial charge in [-0.1, -0.05) is 13.8 Å². The minimum absolute atomic E-state index is 0.714. The molecule has 0 rings (SSSR count). The van der Waals surface area contributed by atoms with Gasteiger partial charge in [-0.2, -0.15) is 0 Å². The highest BCUT2D eigenvalue weighted by molar-refractivity contribution is 4.75. The predicted molar refractivity (Wildman–Crippen MR) is 41.0 cm³/mol. The predicted octanol–water partition coefficient (Wildman–Crippen LogP) is 0.923. The fraction of sp³-hybridized carbons (Fsp3) is 0.714. The molecule has 0 spiro atoms. The molecule has 2 heteroatoms. The fourth-order valence-corrected chi connectivity index (χ4v) is 0.446. The quantitative estimate of drug-likeness (QED) is 0.588. The van der Waals surface area contributed by atoms with Crippen molar-refractivity contribution in [1.29, 1.82) is 0 Å². The first kappa shape index (κ1) is 8.34. The molecule has 0 saturated heterocycles. The maximum Gasteiger partial charge on any atom is 0.0165 e. The van der Waals surface area contributed by atoms with Gasteiger partial charge < -0.3 is 10.6 Å². The van der Waals surface area contributed by atoms with E-state index >= 15 is 0 Å². The molecule has 0 fully saturated rings. The summed E-state index contributed by atoms with van der Waals surface area (Å²) in [4.78, 5) is 0. The van der Waals surface area contributed by atoms with E-state index in [1.165, 1.54) is 0 Å². The van der Waals surface area contributed by atoms with Crippen LogP contribution in [0.4, 0.5) is 0 Å². The van der Waals surface area contributed by atoms with Crippen LogP contribution in [0.25, 0.3) is 0 Å². The summed E-state index contributed by atoms with van der Waals surface area (Å²) in [6.45, 7) is 5.40. The van der Waals surface area contributed by atoms with Crippen LogP contribution in [0.3, 0.4) is 0 Å². The number of rotatable bonds is 4. The zero-order valence-corrected chi connectivity index (χ0v) is 6.44. The second-order valence-electron chi connectivity index (χ2n) is 2.42. The van der Waals surface area contributed by atoms with Crippen LogP contribution in [0.2, 0.25) is 0 Å². The van der Waals surface area contributed by atoms with Gasteiger partial charge in [0, 0.05) is 26.0 Å². The first-order valence-corrected chi connectivity index (χ1v) is 3.33. The van der Waals surface area contributed by atoms with Crippen molar-refractivity contribution in [3.05, 3.63) is 12.4 Å². The normalized spacial score (nSPS) is 10.7. The summed E-state index contributed by atoms with van der Waals surface area (Å²) in [6, 6.07) is 0. The minimum atomic E-state index is 0.714. The lowest BCUT2D eigenvalue weighted by Crippen LogP contribution is -2.13. The highest BCUT2D eigenvalue weighted by Crippen LogP contribution is 1.85. The molecule has 0 atom stereocenters. The van der Waals surface area contributed by atoms with Crippen LogP contribution in [0.1, 0.15) is 13.8 Å². The van der Waals surface area contributed by atoms with Crippen molar-refractivity contribution in [2.24, 2.45) is 5.92 Å². The average Bonchev–Trinajstić information content (AvgIpc) is 1.80. The van der Waals surface area contributed by atoms with E-state index in [0.29, 0.717) is 5.92 Å². The van der Waals surface area contributed by atoms with Crippen LogP contribution < -0.4 is 10.6 Å². The summed E-state index contributed by atoms with van der Waals surface area (Å²) in [7, 11) is 1.88. The maximum atomic E-state index is 3.14.